The number of ether oxygens (including phenoxy) is 1. The highest BCUT2D eigenvalue weighted by Crippen LogP contribution is 2.29. The maximum atomic E-state index is 12.6. The molecule has 0 saturated carbocycles. The highest BCUT2D eigenvalue weighted by atomic mass is 16.5. The summed E-state index contributed by atoms with van der Waals surface area (Å²) in [6, 6.07) is 5.74. The highest BCUT2D eigenvalue weighted by Gasteiger charge is 2.22. The number of H-pyrrole nitrogens is 1. The van der Waals surface area contributed by atoms with Crippen LogP contribution in [0.3, 0.4) is 0 Å². The van der Waals surface area contributed by atoms with Gasteiger partial charge in [-0.25, -0.2) is 0 Å². The van der Waals surface area contributed by atoms with Crippen LogP contribution in [0.4, 0.5) is 0 Å². The lowest BCUT2D eigenvalue weighted by molar-refractivity contribution is 0.0737. The number of carbonyl (C=O) groups is 1. The minimum absolute atomic E-state index is 0.0669. The van der Waals surface area contributed by atoms with E-state index in [0.717, 1.165) is 42.8 Å². The normalized spacial score (nSPS) is 15.7. The third-order valence-electron chi connectivity index (χ3n) is 3.52. The number of nitrogens with zero attached hydrogens (tertiary/aromatic N) is 1. The van der Waals surface area contributed by atoms with E-state index in [1.807, 2.05) is 23.1 Å². The minimum Gasteiger partial charge on any atom is -0.496 e. The smallest absolute Gasteiger partial charge is 0.256 e. The van der Waals surface area contributed by atoms with E-state index < -0.39 is 0 Å². The average Bonchev–Trinajstić information content (AvgIpc) is 2.91. The molecule has 0 unspecified atom stereocenters. The first-order chi connectivity index (χ1) is 9.31. The molecule has 2 heterocycles. The fourth-order valence-corrected chi connectivity index (χ4v) is 2.53. The van der Waals surface area contributed by atoms with E-state index in [2.05, 4.69) is 10.3 Å². The Labute approximate surface area is 111 Å². The number of nitrogens with one attached hydrogen (secondary N) is 2. The van der Waals surface area contributed by atoms with Crippen LogP contribution in [-0.4, -0.2) is 49.1 Å². The molecule has 1 aliphatic heterocycles. The average molecular weight is 259 g/mol. The number of amides is 1. The minimum atomic E-state index is 0.0669. The second kappa shape index (κ2) is 4.93. The molecule has 0 bridgehead atoms. The summed E-state index contributed by atoms with van der Waals surface area (Å²) in [6.07, 6.45) is 1.78. The SMILES string of the molecule is COc1cccc2[nH]cc(C(=O)N3CCNCC3)c12. The zero-order valence-electron chi connectivity index (χ0n) is 10.9. The predicted octanol–water partition coefficient (Wildman–Crippen LogP) is 1.22. The van der Waals surface area contributed by atoms with E-state index in [0.29, 0.717) is 5.56 Å². The summed E-state index contributed by atoms with van der Waals surface area (Å²) < 4.78 is 5.36. The lowest BCUT2D eigenvalue weighted by Gasteiger charge is -2.27. The first kappa shape index (κ1) is 12.0. The largest absolute Gasteiger partial charge is 0.496 e. The first-order valence-corrected chi connectivity index (χ1v) is 6.45. The van der Waals surface area contributed by atoms with Crippen LogP contribution < -0.4 is 10.1 Å². The summed E-state index contributed by atoms with van der Waals surface area (Å²) in [5.74, 6) is 0.800. The maximum Gasteiger partial charge on any atom is 0.256 e. The molecule has 1 aliphatic rings. The Hall–Kier alpha value is -2.01. The molecule has 100 valence electrons. The van der Waals surface area contributed by atoms with E-state index >= 15 is 0 Å². The number of hydrogen-bond acceptors (Lipinski definition) is 3. The lowest BCUT2D eigenvalue weighted by Crippen LogP contribution is -2.46. The van der Waals surface area contributed by atoms with E-state index in [4.69, 9.17) is 4.74 Å². The van der Waals surface area contributed by atoms with Crippen molar-refractivity contribution in [3.63, 3.8) is 0 Å². The topological polar surface area (TPSA) is 57.4 Å². The van der Waals surface area contributed by atoms with Gasteiger partial charge in [-0.2, -0.15) is 0 Å². The van der Waals surface area contributed by atoms with Crippen molar-refractivity contribution in [2.24, 2.45) is 0 Å². The molecular weight excluding hydrogens is 242 g/mol. The van der Waals surface area contributed by atoms with Crippen LogP contribution in [0.5, 0.6) is 5.75 Å². The molecule has 1 aromatic carbocycles. The number of rotatable bonds is 2. The van der Waals surface area contributed by atoms with E-state index in [-0.39, 0.29) is 5.91 Å². The molecule has 5 nitrogen and oxygen atoms in total. The number of carbonyl (C=O) groups excluding carboxylic acids is 1. The second-order valence-corrected chi connectivity index (χ2v) is 4.63. The van der Waals surface area contributed by atoms with E-state index in [9.17, 15) is 4.79 Å². The Kier molecular flexibility index (Phi) is 3.13. The summed E-state index contributed by atoms with van der Waals surface area (Å²) >= 11 is 0. The molecule has 19 heavy (non-hydrogen) atoms. The third-order valence-corrected chi connectivity index (χ3v) is 3.52. The molecule has 0 aliphatic carbocycles. The maximum absolute atomic E-state index is 12.6. The van der Waals surface area contributed by atoms with Gasteiger partial charge in [0.15, 0.2) is 0 Å². The fraction of sp³-hybridized carbons (Fsp3) is 0.357. The molecule has 3 rings (SSSR count). The molecule has 1 saturated heterocycles. The Morgan fingerprint density at radius 1 is 1.32 bits per heavy atom. The summed E-state index contributed by atoms with van der Waals surface area (Å²) in [7, 11) is 1.63. The van der Waals surface area contributed by atoms with Crippen molar-refractivity contribution in [1.82, 2.24) is 15.2 Å². The number of benzene rings is 1. The number of aromatic nitrogens is 1. The van der Waals surface area contributed by atoms with Crippen molar-refractivity contribution in [2.75, 3.05) is 33.3 Å². The fourth-order valence-electron chi connectivity index (χ4n) is 2.53. The van der Waals surface area contributed by atoms with Gasteiger partial charge in [-0.1, -0.05) is 6.07 Å². The van der Waals surface area contributed by atoms with E-state index in [1.165, 1.54) is 0 Å². The van der Waals surface area contributed by atoms with Crippen molar-refractivity contribution < 1.29 is 9.53 Å². The van der Waals surface area contributed by atoms with Gasteiger partial charge < -0.3 is 19.9 Å². The summed E-state index contributed by atoms with van der Waals surface area (Å²) in [5.41, 5.74) is 1.62. The van der Waals surface area contributed by atoms with Crippen molar-refractivity contribution in [3.8, 4) is 5.75 Å². The van der Waals surface area contributed by atoms with Gasteiger partial charge in [0, 0.05) is 37.9 Å². The molecule has 5 heteroatoms. The number of piperazine rings is 1. The highest BCUT2D eigenvalue weighted by molar-refractivity contribution is 6.09. The van der Waals surface area contributed by atoms with Crippen molar-refractivity contribution in [2.45, 2.75) is 0 Å². The first-order valence-electron chi connectivity index (χ1n) is 6.45. The number of aromatic amines is 1. The lowest BCUT2D eigenvalue weighted by atomic mass is 10.1. The van der Waals surface area contributed by atoms with Crippen LogP contribution in [0.15, 0.2) is 24.4 Å². The number of fused-ring (bicyclic) bond motifs is 1. The summed E-state index contributed by atoms with van der Waals surface area (Å²) in [4.78, 5) is 17.6. The number of methoxy groups -OCH3 is 1. The van der Waals surface area contributed by atoms with Gasteiger partial charge in [0.1, 0.15) is 5.75 Å². The Bertz CT molecular complexity index is 600. The molecule has 1 fully saturated rings. The molecule has 2 aromatic rings. The van der Waals surface area contributed by atoms with Crippen LogP contribution in [-0.2, 0) is 0 Å². The molecule has 0 atom stereocenters. The van der Waals surface area contributed by atoms with Crippen LogP contribution >= 0.6 is 0 Å². The third kappa shape index (κ3) is 2.06. The standard InChI is InChI=1S/C14H17N3O2/c1-19-12-4-2-3-11-13(12)10(9-16-11)14(18)17-7-5-15-6-8-17/h2-4,9,15-16H,5-8H2,1H3. The Morgan fingerprint density at radius 2 is 2.11 bits per heavy atom. The van der Waals surface area contributed by atoms with Gasteiger partial charge in [0.05, 0.1) is 18.1 Å². The molecule has 2 N–H and O–H groups in total. The Morgan fingerprint density at radius 3 is 2.84 bits per heavy atom. The molecule has 1 amide bonds. The second-order valence-electron chi connectivity index (χ2n) is 4.63. The van der Waals surface area contributed by atoms with Gasteiger partial charge in [-0.3, -0.25) is 4.79 Å². The summed E-state index contributed by atoms with van der Waals surface area (Å²) in [5, 5.41) is 4.12. The zero-order chi connectivity index (χ0) is 13.2. The van der Waals surface area contributed by atoms with Gasteiger partial charge in [-0.05, 0) is 12.1 Å². The van der Waals surface area contributed by atoms with Gasteiger partial charge in [-0.15, -0.1) is 0 Å². The molecule has 0 spiro atoms. The van der Waals surface area contributed by atoms with Crippen LogP contribution in [0, 0.1) is 0 Å². The van der Waals surface area contributed by atoms with Crippen LogP contribution in [0.25, 0.3) is 10.9 Å². The zero-order valence-corrected chi connectivity index (χ0v) is 10.9. The monoisotopic (exact) mass is 259 g/mol. The van der Waals surface area contributed by atoms with Crippen molar-refractivity contribution in [1.29, 1.82) is 0 Å². The van der Waals surface area contributed by atoms with E-state index in [1.54, 1.807) is 13.3 Å². The Balaban J connectivity index is 2.02. The molecule has 0 radical (unpaired) electrons. The van der Waals surface area contributed by atoms with Gasteiger partial charge in [0.2, 0.25) is 0 Å². The van der Waals surface area contributed by atoms with Crippen molar-refractivity contribution >= 4 is 16.8 Å². The van der Waals surface area contributed by atoms with Crippen LogP contribution in [0.1, 0.15) is 10.4 Å². The molecular formula is C14H17N3O2. The van der Waals surface area contributed by atoms with Crippen LogP contribution in [0.2, 0.25) is 0 Å². The molecule has 1 aromatic heterocycles. The quantitative estimate of drug-likeness (QED) is 0.852. The predicted molar refractivity (Wildman–Crippen MR) is 73.6 cm³/mol. The van der Waals surface area contributed by atoms with Gasteiger partial charge in [0.25, 0.3) is 5.91 Å². The van der Waals surface area contributed by atoms with Gasteiger partial charge >= 0.3 is 0 Å². The summed E-state index contributed by atoms with van der Waals surface area (Å²) in [6.45, 7) is 3.21. The van der Waals surface area contributed by atoms with Crippen molar-refractivity contribution in [3.05, 3.63) is 30.0 Å². The number of hydrogen-bond donors (Lipinski definition) is 2.